The standard InChI is InChI=1S/C44H45N13O8/c1-5-56-32(17-24(3)52-56)40(60)50-43-48-29-19-26(38(45)58)21-34-36(29)54(43)13-7-8-14-55-37-30(49-44(55)51-41(61)33-18-25(4)53-57(33)6-2)20-27(22-35(37)65-16-10-15-64-34)39(59)47-23-31-28(42(62)63)11-9-12-46-31/h7-9,11-12,17-22H,5-6,10,13-16,23H2,1-4H3,(H2,45,58)(H,47,59)(H,62,63)(H,48,50,60)(H,49,51,61)/b8-7+. The van der Waals surface area contributed by atoms with E-state index in [2.05, 4.69) is 31.1 Å². The van der Waals surface area contributed by atoms with Crippen molar-refractivity contribution in [2.24, 2.45) is 5.73 Å². The van der Waals surface area contributed by atoms with Crippen molar-refractivity contribution in [3.8, 4) is 11.5 Å². The molecule has 0 unspecified atom stereocenters. The number of aromatic carboxylic acids is 1. The first-order valence-corrected chi connectivity index (χ1v) is 20.8. The predicted octanol–water partition coefficient (Wildman–Crippen LogP) is 4.48. The number of amides is 4. The molecule has 4 amide bonds. The third-order valence-corrected chi connectivity index (χ3v) is 10.6. The average molecular weight is 884 g/mol. The Bertz CT molecular complexity index is 3070. The molecule has 21 heteroatoms. The number of hydrogen-bond donors (Lipinski definition) is 5. The molecule has 334 valence electrons. The summed E-state index contributed by atoms with van der Waals surface area (Å²) >= 11 is 0. The van der Waals surface area contributed by atoms with Crippen molar-refractivity contribution >= 4 is 63.6 Å². The zero-order chi connectivity index (χ0) is 45.9. The minimum Gasteiger partial charge on any atom is -0.491 e. The second kappa shape index (κ2) is 18.2. The van der Waals surface area contributed by atoms with Crippen LogP contribution in [0.15, 0.2) is 66.9 Å². The average Bonchev–Trinajstić information content (AvgIpc) is 4.05. The van der Waals surface area contributed by atoms with E-state index in [9.17, 15) is 29.1 Å². The first-order chi connectivity index (χ1) is 31.3. The lowest BCUT2D eigenvalue weighted by Gasteiger charge is -2.14. The Labute approximate surface area is 370 Å². The van der Waals surface area contributed by atoms with Crippen molar-refractivity contribution in [2.45, 2.75) is 66.8 Å². The Balaban J connectivity index is 1.20. The number of hydrogen-bond acceptors (Lipinski definition) is 12. The summed E-state index contributed by atoms with van der Waals surface area (Å²) in [6.45, 7) is 8.54. The summed E-state index contributed by atoms with van der Waals surface area (Å²) in [4.78, 5) is 79.4. The number of aryl methyl sites for hydroxylation is 4. The number of carbonyl (C=O) groups excluding carboxylic acids is 4. The number of benzene rings is 2. The van der Waals surface area contributed by atoms with Gasteiger partial charge in [0.2, 0.25) is 17.8 Å². The highest BCUT2D eigenvalue weighted by molar-refractivity contribution is 6.05. The lowest BCUT2D eigenvalue weighted by molar-refractivity contribution is 0.0693. The smallest absolute Gasteiger partial charge is 0.337 e. The second-order valence-electron chi connectivity index (χ2n) is 15.0. The number of rotatable bonds is 11. The normalized spacial score (nSPS) is 13.3. The summed E-state index contributed by atoms with van der Waals surface area (Å²) in [6, 6.07) is 12.4. The van der Waals surface area contributed by atoms with Gasteiger partial charge in [-0.05, 0) is 76.2 Å². The monoisotopic (exact) mass is 883 g/mol. The molecule has 0 saturated carbocycles. The zero-order valence-corrected chi connectivity index (χ0v) is 35.9. The minimum absolute atomic E-state index is 0.0486. The summed E-state index contributed by atoms with van der Waals surface area (Å²) in [5.41, 5.74) is 9.76. The van der Waals surface area contributed by atoms with Crippen molar-refractivity contribution in [1.29, 1.82) is 0 Å². The van der Waals surface area contributed by atoms with Crippen molar-refractivity contribution in [3.63, 3.8) is 0 Å². The van der Waals surface area contributed by atoms with Gasteiger partial charge in [-0.1, -0.05) is 12.2 Å². The van der Waals surface area contributed by atoms with Gasteiger partial charge in [0.15, 0.2) is 0 Å². The van der Waals surface area contributed by atoms with Gasteiger partial charge in [-0.15, -0.1) is 0 Å². The van der Waals surface area contributed by atoms with Gasteiger partial charge in [-0.2, -0.15) is 10.2 Å². The SMILES string of the molecule is CCn1nc(C)cc1C(=O)Nc1nc2cc(C(N)=O)cc3c2n1C/C=C/Cn1c(NC(=O)c2cc(C)nn2CC)nc2cc(C(=O)NCc4ncccc4C(=O)O)cc(c21)OCCCO3. The number of aromatic nitrogens is 9. The topological polar surface area (TPSA) is 270 Å². The van der Waals surface area contributed by atoms with E-state index in [0.717, 1.165) is 0 Å². The number of carboxylic acid groups (broad SMARTS) is 1. The number of nitrogens with two attached hydrogens (primary N) is 1. The second-order valence-corrected chi connectivity index (χ2v) is 15.0. The Morgan fingerprint density at radius 3 is 1.77 bits per heavy atom. The molecule has 0 bridgehead atoms. The number of nitrogens with zero attached hydrogens (tertiary/aromatic N) is 9. The molecule has 0 spiro atoms. The highest BCUT2D eigenvalue weighted by Gasteiger charge is 2.25. The van der Waals surface area contributed by atoms with Crippen LogP contribution >= 0.6 is 0 Å². The van der Waals surface area contributed by atoms with E-state index in [1.807, 2.05) is 26.0 Å². The number of carbonyl (C=O) groups is 5. The van der Waals surface area contributed by atoms with Gasteiger partial charge in [-0.3, -0.25) is 44.2 Å². The van der Waals surface area contributed by atoms with Crippen LogP contribution < -0.4 is 31.2 Å². The molecule has 65 heavy (non-hydrogen) atoms. The fraction of sp³-hybridized carbons (Fsp3) is 0.273. The van der Waals surface area contributed by atoms with Crippen LogP contribution in [-0.2, 0) is 32.7 Å². The van der Waals surface area contributed by atoms with Crippen LogP contribution in [0.2, 0.25) is 0 Å². The maximum atomic E-state index is 13.9. The summed E-state index contributed by atoms with van der Waals surface area (Å²) in [7, 11) is 0. The number of allylic oxidation sites excluding steroid dienone is 2. The zero-order valence-electron chi connectivity index (χ0n) is 35.9. The van der Waals surface area contributed by atoms with E-state index < -0.39 is 29.6 Å². The van der Waals surface area contributed by atoms with E-state index >= 15 is 0 Å². The lowest BCUT2D eigenvalue weighted by atomic mass is 10.1. The molecule has 21 nitrogen and oxygen atoms in total. The minimum atomic E-state index is -1.18. The van der Waals surface area contributed by atoms with E-state index in [-0.39, 0.29) is 72.9 Å². The van der Waals surface area contributed by atoms with Crippen LogP contribution in [-0.4, -0.2) is 91.6 Å². The number of anilines is 2. The van der Waals surface area contributed by atoms with Gasteiger partial charge < -0.3 is 34.8 Å². The van der Waals surface area contributed by atoms with Gasteiger partial charge in [-0.25, -0.2) is 14.8 Å². The fourth-order valence-electron chi connectivity index (χ4n) is 7.59. The molecule has 1 aliphatic rings. The number of ether oxygens (including phenoxy) is 2. The van der Waals surface area contributed by atoms with Crippen LogP contribution in [0.3, 0.4) is 0 Å². The molecule has 6 N–H and O–H groups in total. The number of nitrogens with one attached hydrogen (secondary N) is 3. The molecule has 1 aliphatic heterocycles. The van der Waals surface area contributed by atoms with Gasteiger partial charge in [0.1, 0.15) is 33.9 Å². The van der Waals surface area contributed by atoms with Crippen LogP contribution in [0, 0.1) is 13.8 Å². The van der Waals surface area contributed by atoms with Gasteiger partial charge in [0.05, 0.1) is 53.4 Å². The molecule has 6 heterocycles. The first kappa shape index (κ1) is 43.3. The molecule has 0 saturated heterocycles. The number of carboxylic acids is 1. The maximum absolute atomic E-state index is 13.9. The molecule has 5 aromatic heterocycles. The summed E-state index contributed by atoms with van der Waals surface area (Å²) in [5.74, 6) is -2.46. The molecular weight excluding hydrogens is 839 g/mol. The number of primary amides is 1. The van der Waals surface area contributed by atoms with Crippen LogP contribution in [0.1, 0.15) is 89.4 Å². The Morgan fingerprint density at radius 1 is 0.738 bits per heavy atom. The van der Waals surface area contributed by atoms with Crippen molar-refractivity contribution < 1.29 is 38.6 Å². The third kappa shape index (κ3) is 8.83. The fourth-order valence-corrected chi connectivity index (χ4v) is 7.59. The highest BCUT2D eigenvalue weighted by Crippen LogP contribution is 2.34. The van der Waals surface area contributed by atoms with Gasteiger partial charge in [0, 0.05) is 49.9 Å². The van der Waals surface area contributed by atoms with Crippen molar-refractivity contribution in [1.82, 2.24) is 49.0 Å². The highest BCUT2D eigenvalue weighted by atomic mass is 16.5. The Kier molecular flexibility index (Phi) is 12.1. The molecule has 0 radical (unpaired) electrons. The summed E-state index contributed by atoms with van der Waals surface area (Å²) in [5, 5.41) is 27.1. The van der Waals surface area contributed by atoms with Gasteiger partial charge >= 0.3 is 5.97 Å². The van der Waals surface area contributed by atoms with E-state index in [0.29, 0.717) is 70.1 Å². The molecular formula is C44H45N13O8. The van der Waals surface area contributed by atoms with E-state index in [1.54, 1.807) is 56.6 Å². The third-order valence-electron chi connectivity index (χ3n) is 10.6. The van der Waals surface area contributed by atoms with Crippen molar-refractivity contribution in [3.05, 3.63) is 112 Å². The quantitative estimate of drug-likeness (QED) is 0.112. The Hall–Kier alpha value is -8.36. The van der Waals surface area contributed by atoms with E-state index in [4.69, 9.17) is 25.2 Å². The summed E-state index contributed by atoms with van der Waals surface area (Å²) < 4.78 is 19.4. The van der Waals surface area contributed by atoms with Crippen LogP contribution in [0.4, 0.5) is 11.9 Å². The summed E-state index contributed by atoms with van der Waals surface area (Å²) in [6.07, 6.45) is 5.42. The molecule has 8 rings (SSSR count). The van der Waals surface area contributed by atoms with Crippen molar-refractivity contribution in [2.75, 3.05) is 23.8 Å². The maximum Gasteiger partial charge on any atom is 0.337 e. The molecule has 2 aromatic carbocycles. The molecule has 0 aliphatic carbocycles. The number of pyridine rings is 1. The molecule has 0 atom stereocenters. The molecule has 7 aromatic rings. The lowest BCUT2D eigenvalue weighted by Crippen LogP contribution is -2.24. The largest absolute Gasteiger partial charge is 0.491 e. The van der Waals surface area contributed by atoms with Gasteiger partial charge in [0.25, 0.3) is 17.7 Å². The predicted molar refractivity (Wildman–Crippen MR) is 236 cm³/mol. The Morgan fingerprint density at radius 2 is 1.26 bits per heavy atom. The molecule has 0 fully saturated rings. The van der Waals surface area contributed by atoms with E-state index in [1.165, 1.54) is 30.5 Å². The van der Waals surface area contributed by atoms with Crippen LogP contribution in [0.25, 0.3) is 22.1 Å². The first-order valence-electron chi connectivity index (χ1n) is 20.8. The van der Waals surface area contributed by atoms with Crippen LogP contribution in [0.5, 0.6) is 11.5 Å². The number of imidazole rings is 2.